The van der Waals surface area contributed by atoms with Gasteiger partial charge >= 0.3 is 0 Å². The predicted molar refractivity (Wildman–Crippen MR) is 106 cm³/mol. The minimum absolute atomic E-state index is 0.124. The summed E-state index contributed by atoms with van der Waals surface area (Å²) in [7, 11) is 0. The number of hydrogen-bond donors (Lipinski definition) is 1. The molecular formula is C23H38O2. The first-order valence-electron chi connectivity index (χ1n) is 10.7. The van der Waals surface area contributed by atoms with Crippen LogP contribution in [0.1, 0.15) is 97.3 Å². The van der Waals surface area contributed by atoms with Gasteiger partial charge < -0.3 is 5.11 Å². The Balaban J connectivity index is 1.69. The Morgan fingerprint density at radius 3 is 2.44 bits per heavy atom. The molecule has 0 heterocycles. The first-order chi connectivity index (χ1) is 12.1. The van der Waals surface area contributed by atoms with Crippen molar-refractivity contribution >= 4 is 5.78 Å². The smallest absolute Gasteiger partial charge is 0.161 e. The summed E-state index contributed by atoms with van der Waals surface area (Å²) in [5.74, 6) is 1.26. The minimum atomic E-state index is -0.152. The lowest BCUT2D eigenvalue weighted by Crippen LogP contribution is -2.17. The second-order valence-electron chi connectivity index (χ2n) is 8.24. The highest BCUT2D eigenvalue weighted by atomic mass is 16.3. The third-order valence-corrected chi connectivity index (χ3v) is 6.11. The van der Waals surface area contributed by atoms with E-state index in [1.807, 2.05) is 0 Å². The Morgan fingerprint density at radius 2 is 1.80 bits per heavy atom. The molecule has 2 heteroatoms. The Bertz CT molecular complexity index is 468. The average molecular weight is 347 g/mol. The van der Waals surface area contributed by atoms with Gasteiger partial charge in [0.15, 0.2) is 5.78 Å². The normalized spacial score (nSPS) is 21.4. The molecule has 0 spiro atoms. The van der Waals surface area contributed by atoms with Crippen molar-refractivity contribution in [1.29, 1.82) is 0 Å². The molecule has 0 aliphatic heterocycles. The number of carbonyl (C=O) groups excluding carboxylic acids is 1. The van der Waals surface area contributed by atoms with Gasteiger partial charge in [-0.05, 0) is 56.4 Å². The lowest BCUT2D eigenvalue weighted by atomic mass is 9.79. The highest BCUT2D eigenvalue weighted by Crippen LogP contribution is 2.34. The van der Waals surface area contributed by atoms with E-state index in [1.54, 1.807) is 5.57 Å². The van der Waals surface area contributed by atoms with E-state index in [9.17, 15) is 9.90 Å². The molecule has 2 unspecified atom stereocenters. The molecule has 1 fully saturated rings. The monoisotopic (exact) mass is 346 g/mol. The van der Waals surface area contributed by atoms with Crippen LogP contribution >= 0.6 is 0 Å². The van der Waals surface area contributed by atoms with Crippen molar-refractivity contribution in [2.45, 2.75) is 103 Å². The lowest BCUT2D eigenvalue weighted by molar-refractivity contribution is -0.119. The summed E-state index contributed by atoms with van der Waals surface area (Å²) in [5.41, 5.74) is 2.63. The summed E-state index contributed by atoms with van der Waals surface area (Å²) in [5, 5.41) is 9.78. The van der Waals surface area contributed by atoms with E-state index in [-0.39, 0.29) is 12.0 Å². The van der Waals surface area contributed by atoms with Crippen molar-refractivity contribution in [2.24, 2.45) is 11.8 Å². The molecule has 2 aliphatic rings. The van der Waals surface area contributed by atoms with Gasteiger partial charge in [0, 0.05) is 5.92 Å². The fraction of sp³-hybridized carbons (Fsp3) is 0.783. The quantitative estimate of drug-likeness (QED) is 0.381. The number of ketones is 1. The van der Waals surface area contributed by atoms with E-state index >= 15 is 0 Å². The Kier molecular flexibility index (Phi) is 8.95. The van der Waals surface area contributed by atoms with Gasteiger partial charge in [-0.1, -0.05) is 70.1 Å². The van der Waals surface area contributed by atoms with Crippen molar-refractivity contribution in [3.05, 3.63) is 23.3 Å². The summed E-state index contributed by atoms with van der Waals surface area (Å²) in [4.78, 5) is 12.7. The van der Waals surface area contributed by atoms with Gasteiger partial charge in [-0.2, -0.15) is 0 Å². The number of unbranched alkanes of at least 4 members (excludes halogenated alkanes) is 1. The van der Waals surface area contributed by atoms with E-state index in [2.05, 4.69) is 26.0 Å². The number of rotatable bonds is 10. The Labute approximate surface area is 154 Å². The molecule has 0 aromatic rings. The van der Waals surface area contributed by atoms with Crippen LogP contribution in [-0.4, -0.2) is 17.0 Å². The van der Waals surface area contributed by atoms with Gasteiger partial charge in [0.2, 0.25) is 0 Å². The molecule has 0 saturated heterocycles. The summed E-state index contributed by atoms with van der Waals surface area (Å²) in [6.45, 7) is 4.18. The third-order valence-electron chi connectivity index (χ3n) is 6.11. The van der Waals surface area contributed by atoms with Crippen LogP contribution in [0.4, 0.5) is 0 Å². The van der Waals surface area contributed by atoms with E-state index in [0.717, 1.165) is 62.9 Å². The zero-order valence-corrected chi connectivity index (χ0v) is 16.4. The molecule has 2 aliphatic carbocycles. The van der Waals surface area contributed by atoms with Gasteiger partial charge in [-0.3, -0.25) is 4.79 Å². The van der Waals surface area contributed by atoms with Gasteiger partial charge in [0.05, 0.1) is 6.10 Å². The molecule has 0 aromatic heterocycles. The van der Waals surface area contributed by atoms with Gasteiger partial charge in [0.25, 0.3) is 0 Å². The van der Waals surface area contributed by atoms with Crippen molar-refractivity contribution in [2.75, 3.05) is 0 Å². The van der Waals surface area contributed by atoms with Crippen LogP contribution in [0.5, 0.6) is 0 Å². The van der Waals surface area contributed by atoms with E-state index in [4.69, 9.17) is 0 Å². The molecule has 25 heavy (non-hydrogen) atoms. The zero-order chi connectivity index (χ0) is 18.1. The zero-order valence-electron chi connectivity index (χ0n) is 16.4. The molecule has 0 bridgehead atoms. The molecule has 0 amide bonds. The molecule has 142 valence electrons. The minimum Gasteiger partial charge on any atom is -0.393 e. The van der Waals surface area contributed by atoms with Crippen LogP contribution in [0.15, 0.2) is 23.3 Å². The van der Waals surface area contributed by atoms with Crippen LogP contribution in [0, 0.1) is 11.8 Å². The fourth-order valence-corrected chi connectivity index (χ4v) is 4.41. The number of Topliss-reactive ketones (excluding diaryl/α,β-unsaturated/α-hetero) is 1. The molecule has 0 aromatic carbocycles. The highest BCUT2D eigenvalue weighted by Gasteiger charge is 2.22. The SMILES string of the molecule is CCCC(O)CCCCC(C)C(=O)C1=CCC(C2CCCCC2)=CC1. The summed E-state index contributed by atoms with van der Waals surface area (Å²) in [6.07, 6.45) is 19.0. The van der Waals surface area contributed by atoms with Crippen molar-refractivity contribution in [3.63, 3.8) is 0 Å². The maximum atomic E-state index is 12.7. The van der Waals surface area contributed by atoms with Gasteiger partial charge in [0.1, 0.15) is 0 Å². The van der Waals surface area contributed by atoms with E-state index in [0.29, 0.717) is 5.78 Å². The summed E-state index contributed by atoms with van der Waals surface area (Å²) in [6, 6.07) is 0. The molecule has 2 nitrogen and oxygen atoms in total. The number of hydrogen-bond acceptors (Lipinski definition) is 2. The van der Waals surface area contributed by atoms with Crippen molar-refractivity contribution < 1.29 is 9.90 Å². The van der Waals surface area contributed by atoms with Crippen molar-refractivity contribution in [3.8, 4) is 0 Å². The maximum absolute atomic E-state index is 12.7. The summed E-state index contributed by atoms with van der Waals surface area (Å²) >= 11 is 0. The summed E-state index contributed by atoms with van der Waals surface area (Å²) < 4.78 is 0. The van der Waals surface area contributed by atoms with Crippen molar-refractivity contribution in [1.82, 2.24) is 0 Å². The van der Waals surface area contributed by atoms with Crippen LogP contribution in [-0.2, 0) is 4.79 Å². The topological polar surface area (TPSA) is 37.3 Å². The largest absolute Gasteiger partial charge is 0.393 e. The third kappa shape index (κ3) is 6.73. The van der Waals surface area contributed by atoms with E-state index in [1.165, 1.54) is 32.1 Å². The number of carbonyl (C=O) groups is 1. The molecule has 1 saturated carbocycles. The van der Waals surface area contributed by atoms with Crippen LogP contribution < -0.4 is 0 Å². The second kappa shape index (κ2) is 11.0. The Hall–Kier alpha value is -0.890. The molecular weight excluding hydrogens is 308 g/mol. The van der Waals surface area contributed by atoms with Crippen LogP contribution in [0.2, 0.25) is 0 Å². The number of allylic oxidation sites excluding steroid dienone is 4. The molecule has 2 atom stereocenters. The second-order valence-corrected chi connectivity index (χ2v) is 8.24. The Morgan fingerprint density at radius 1 is 1.08 bits per heavy atom. The first-order valence-corrected chi connectivity index (χ1v) is 10.7. The fourth-order valence-electron chi connectivity index (χ4n) is 4.41. The molecule has 1 N–H and O–H groups in total. The van der Waals surface area contributed by atoms with Gasteiger partial charge in [-0.25, -0.2) is 0 Å². The predicted octanol–water partition coefficient (Wildman–Crippen LogP) is 6.14. The lowest BCUT2D eigenvalue weighted by Gasteiger charge is -2.26. The standard InChI is InChI=1S/C23H38O2/c1-3-9-22(24)13-8-7-10-18(2)23(25)21-16-14-20(15-17-21)19-11-5-4-6-12-19/h14,17-19,22,24H,3-13,15-16H2,1-2H3. The number of aliphatic hydroxyl groups is 1. The molecule has 2 rings (SSSR count). The van der Waals surface area contributed by atoms with Crippen LogP contribution in [0.25, 0.3) is 0 Å². The average Bonchev–Trinajstić information content (AvgIpc) is 2.65. The van der Waals surface area contributed by atoms with Crippen LogP contribution in [0.3, 0.4) is 0 Å². The first kappa shape index (κ1) is 20.4. The highest BCUT2D eigenvalue weighted by molar-refractivity contribution is 5.97. The van der Waals surface area contributed by atoms with E-state index < -0.39 is 0 Å². The maximum Gasteiger partial charge on any atom is 0.161 e. The molecule has 0 radical (unpaired) electrons. The van der Waals surface area contributed by atoms with Gasteiger partial charge in [-0.15, -0.1) is 0 Å². The number of aliphatic hydroxyl groups excluding tert-OH is 1.